The topological polar surface area (TPSA) is 122 Å². The highest BCUT2D eigenvalue weighted by molar-refractivity contribution is 14.1. The fourth-order valence-corrected chi connectivity index (χ4v) is 9.08. The number of oxime groups is 1. The van der Waals surface area contributed by atoms with Crippen molar-refractivity contribution < 1.29 is 24.0 Å². The van der Waals surface area contributed by atoms with Crippen LogP contribution in [0.4, 0.5) is 5.13 Å². The second-order valence-corrected chi connectivity index (χ2v) is 15.3. The maximum atomic E-state index is 13.8. The Morgan fingerprint density at radius 3 is 2.02 bits per heavy atom. The Hall–Kier alpha value is -4.21. The van der Waals surface area contributed by atoms with E-state index in [1.165, 1.54) is 35.1 Å². The van der Waals surface area contributed by atoms with Gasteiger partial charge in [-0.25, -0.2) is 9.78 Å². The summed E-state index contributed by atoms with van der Waals surface area (Å²) in [5.41, 5.74) is 2.73. The van der Waals surface area contributed by atoms with E-state index in [9.17, 15) is 14.4 Å². The maximum Gasteiger partial charge on any atom is 0.355 e. The van der Waals surface area contributed by atoms with Gasteiger partial charge in [-0.1, -0.05) is 119 Å². The Morgan fingerprint density at radius 1 is 0.960 bits per heavy atom. The van der Waals surface area contributed by atoms with Crippen LogP contribution in [-0.4, -0.2) is 67.7 Å². The molecule has 50 heavy (non-hydrogen) atoms. The number of hydrogen-bond donors (Lipinski definition) is 2. The number of fused-ring (bicyclic) bond motifs is 1. The minimum atomic E-state index is -0.874. The van der Waals surface area contributed by atoms with Crippen molar-refractivity contribution in [1.29, 1.82) is 0 Å². The average molecular weight is 822 g/mol. The largest absolute Gasteiger partial charge is 0.455 e. The predicted octanol–water partition coefficient (Wildman–Crippen LogP) is 6.33. The second kappa shape index (κ2) is 15.0. The zero-order valence-corrected chi connectivity index (χ0v) is 31.7. The quantitative estimate of drug-likeness (QED) is 0.0343. The van der Waals surface area contributed by atoms with Gasteiger partial charge >= 0.3 is 5.97 Å². The first kappa shape index (κ1) is 35.6. The summed E-state index contributed by atoms with van der Waals surface area (Å²) in [6.07, 6.45) is 0. The molecule has 2 atom stereocenters. The number of anilines is 1. The summed E-state index contributed by atoms with van der Waals surface area (Å²) in [4.78, 5) is 51.8. The minimum Gasteiger partial charge on any atom is -0.455 e. The summed E-state index contributed by atoms with van der Waals surface area (Å²) in [5, 5.41) is 12.4. The first-order chi connectivity index (χ1) is 24.1. The molecule has 4 aromatic rings. The number of hydrogen-bond acceptors (Lipinski definition) is 10. The van der Waals surface area contributed by atoms with Gasteiger partial charge < -0.3 is 20.2 Å². The maximum absolute atomic E-state index is 13.8. The summed E-state index contributed by atoms with van der Waals surface area (Å²) in [7, 11) is 1.35. The third-order valence-electron chi connectivity index (χ3n) is 8.15. The van der Waals surface area contributed by atoms with E-state index in [-0.39, 0.29) is 17.1 Å². The number of carbonyl (C=O) groups is 3. The number of carbonyl (C=O) groups excluding carboxylic acids is 3. The molecule has 1 unspecified atom stereocenters. The molecule has 2 N–H and O–H groups in total. The van der Waals surface area contributed by atoms with Crippen LogP contribution in [0.15, 0.2) is 113 Å². The number of nitrogens with one attached hydrogen (secondary N) is 2. The first-order valence-corrected chi connectivity index (χ1v) is 19.3. The van der Waals surface area contributed by atoms with Gasteiger partial charge in [0.15, 0.2) is 10.8 Å². The molecule has 2 amide bonds. The number of alkyl halides is 1. The smallest absolute Gasteiger partial charge is 0.355 e. The molecule has 1 saturated heterocycles. The Balaban J connectivity index is 1.27. The molecule has 1 fully saturated rings. The average Bonchev–Trinajstić information content (AvgIpc) is 3.59. The molecule has 3 heterocycles. The number of ether oxygens (including phenoxy) is 1. The van der Waals surface area contributed by atoms with Crippen LogP contribution in [0, 0.1) is 0 Å². The van der Waals surface area contributed by atoms with Crippen molar-refractivity contribution in [2.24, 2.45) is 5.16 Å². The molecular weight excluding hydrogens is 785 g/mol. The lowest BCUT2D eigenvalue weighted by atomic mass is 9.77. The van der Waals surface area contributed by atoms with E-state index in [1.54, 1.807) is 26.2 Å². The molecule has 0 saturated carbocycles. The van der Waals surface area contributed by atoms with Crippen molar-refractivity contribution in [3.63, 3.8) is 0 Å². The van der Waals surface area contributed by atoms with Crippen molar-refractivity contribution in [3.8, 4) is 0 Å². The number of thiazole rings is 1. The summed E-state index contributed by atoms with van der Waals surface area (Å²) in [5.74, 6) is -1.03. The molecule has 0 radical (unpaired) electrons. The number of benzene rings is 3. The zero-order valence-electron chi connectivity index (χ0n) is 27.9. The Kier molecular flexibility index (Phi) is 10.6. The van der Waals surface area contributed by atoms with Gasteiger partial charge in [-0.15, -0.1) is 23.1 Å². The minimum absolute atomic E-state index is 0.0792. The molecule has 1 aromatic heterocycles. The lowest BCUT2D eigenvalue weighted by Gasteiger charge is -2.49. The number of nitrogens with zero attached hydrogens (tertiary/aromatic N) is 3. The van der Waals surface area contributed by atoms with Gasteiger partial charge in [-0.05, 0) is 43.0 Å². The summed E-state index contributed by atoms with van der Waals surface area (Å²) in [6, 6.07) is 29.5. The van der Waals surface area contributed by atoms with Crippen molar-refractivity contribution in [2.75, 3.05) is 22.6 Å². The molecule has 2 aliphatic rings. The number of aromatic nitrogens is 1. The van der Waals surface area contributed by atoms with Gasteiger partial charge in [0.2, 0.25) is 0 Å². The van der Waals surface area contributed by atoms with E-state index in [4.69, 9.17) is 14.6 Å². The van der Waals surface area contributed by atoms with Gasteiger partial charge in [-0.2, -0.15) is 0 Å². The summed E-state index contributed by atoms with van der Waals surface area (Å²) >= 11 is 5.00. The highest BCUT2D eigenvalue weighted by atomic mass is 127. The van der Waals surface area contributed by atoms with Crippen LogP contribution >= 0.6 is 45.7 Å². The van der Waals surface area contributed by atoms with Crippen molar-refractivity contribution in [3.05, 3.63) is 130 Å². The van der Waals surface area contributed by atoms with Gasteiger partial charge in [0.05, 0.1) is 0 Å². The lowest BCUT2D eigenvalue weighted by molar-refractivity contribution is -0.158. The number of thioether (sulfide) groups is 1. The van der Waals surface area contributed by atoms with E-state index in [0.29, 0.717) is 15.3 Å². The number of β-lactam (4-membered cyclic amide) rings is 1. The van der Waals surface area contributed by atoms with E-state index < -0.39 is 40.3 Å². The first-order valence-electron chi connectivity index (χ1n) is 15.9. The van der Waals surface area contributed by atoms with Gasteiger partial charge in [0, 0.05) is 15.6 Å². The van der Waals surface area contributed by atoms with Crippen molar-refractivity contribution in [1.82, 2.24) is 15.2 Å². The number of amides is 2. The van der Waals surface area contributed by atoms with Gasteiger partial charge in [0.25, 0.3) is 11.8 Å². The number of rotatable bonds is 11. The monoisotopic (exact) mass is 821 g/mol. The predicted molar refractivity (Wildman–Crippen MR) is 205 cm³/mol. The van der Waals surface area contributed by atoms with Gasteiger partial charge in [-0.3, -0.25) is 14.5 Å². The molecule has 13 heteroatoms. The molecule has 3 aromatic carbocycles. The van der Waals surface area contributed by atoms with Crippen molar-refractivity contribution >= 4 is 74.3 Å². The summed E-state index contributed by atoms with van der Waals surface area (Å²) < 4.78 is 6.20. The molecule has 10 nitrogen and oxygen atoms in total. The third kappa shape index (κ3) is 7.03. The van der Waals surface area contributed by atoms with Crippen LogP contribution in [0.2, 0.25) is 0 Å². The number of halogens is 1. The standard InChI is InChI=1S/C37H36IN5O5S2/c1-36(2,3)48-34(46)30-23(20-38)21-49-33-29(32(45)43(30)33)40-31(44)28(42-47-4)27-22-50-35(39-27)41-37(24-14-8-5-9-15-24,25-16-10-6-11-17-25)26-18-12-7-13-19-26/h5-19,22,29,33H,20-21H2,1-4H3,(H,39,41)(H,40,44)/t29?,33-/m1/s1. The third-order valence-corrected chi connectivity index (χ3v) is 11.2. The van der Waals surface area contributed by atoms with E-state index in [1.807, 2.05) is 54.6 Å². The Labute approximate surface area is 312 Å². The number of esters is 1. The molecule has 6 rings (SSSR count). The fourth-order valence-electron chi connectivity index (χ4n) is 5.99. The molecule has 0 spiro atoms. The van der Waals surface area contributed by atoms with Gasteiger partial charge in [0.1, 0.15) is 41.1 Å². The summed E-state index contributed by atoms with van der Waals surface area (Å²) in [6.45, 7) is 5.35. The Bertz CT molecular complexity index is 1830. The van der Waals surface area contributed by atoms with Crippen LogP contribution in [0.25, 0.3) is 0 Å². The SMILES string of the molecule is CON=C(C(=O)NC1C(=O)N2C(C(=O)OC(C)(C)C)=C(CI)CS[C@H]12)c1csc(NC(c2ccccc2)(c2ccccc2)c2ccccc2)n1. The second-order valence-electron chi connectivity index (χ2n) is 12.6. The highest BCUT2D eigenvalue weighted by Gasteiger charge is 2.55. The normalized spacial score (nSPS) is 17.8. The van der Waals surface area contributed by atoms with Crippen molar-refractivity contribution in [2.45, 2.75) is 43.3 Å². The molecule has 2 aliphatic heterocycles. The molecule has 0 bridgehead atoms. The van der Waals surface area contributed by atoms with E-state index in [0.717, 1.165) is 22.3 Å². The Morgan fingerprint density at radius 2 is 1.52 bits per heavy atom. The fraction of sp³-hybridized carbons (Fsp3) is 0.270. The lowest BCUT2D eigenvalue weighted by Crippen LogP contribution is -2.71. The van der Waals surface area contributed by atoms with E-state index in [2.05, 4.69) is 74.8 Å². The van der Waals surface area contributed by atoms with E-state index >= 15 is 0 Å². The highest BCUT2D eigenvalue weighted by Crippen LogP contribution is 2.42. The molecular formula is C37H36IN5O5S2. The molecule has 0 aliphatic carbocycles. The van der Waals surface area contributed by atoms with Crippen LogP contribution in [0.3, 0.4) is 0 Å². The van der Waals surface area contributed by atoms with Crippen LogP contribution in [-0.2, 0) is 29.5 Å². The van der Waals surface area contributed by atoms with Crippen LogP contribution in [0.1, 0.15) is 43.2 Å². The zero-order chi connectivity index (χ0) is 35.5. The van der Waals surface area contributed by atoms with Crippen LogP contribution < -0.4 is 10.6 Å². The molecule has 258 valence electrons. The van der Waals surface area contributed by atoms with Crippen LogP contribution in [0.5, 0.6) is 0 Å².